The molecule has 1 fully saturated rings. The smallest absolute Gasteiger partial charge is 0.120 e. The summed E-state index contributed by atoms with van der Waals surface area (Å²) in [5.41, 5.74) is 5.66. The van der Waals surface area contributed by atoms with Gasteiger partial charge in [-0.1, -0.05) is 31.4 Å². The van der Waals surface area contributed by atoms with Crippen molar-refractivity contribution in [3.8, 4) is 11.8 Å². The van der Waals surface area contributed by atoms with Gasteiger partial charge in [0.1, 0.15) is 12.4 Å². The van der Waals surface area contributed by atoms with Gasteiger partial charge in [-0.2, -0.15) is 5.26 Å². The zero-order valence-electron chi connectivity index (χ0n) is 15.0. The highest BCUT2D eigenvalue weighted by Crippen LogP contribution is 2.34. The Bertz CT molecular complexity index is 806. The highest BCUT2D eigenvalue weighted by Gasteiger charge is 2.19. The van der Waals surface area contributed by atoms with E-state index in [0.29, 0.717) is 12.5 Å². The van der Waals surface area contributed by atoms with Crippen LogP contribution in [0.2, 0.25) is 0 Å². The van der Waals surface area contributed by atoms with E-state index in [2.05, 4.69) is 35.7 Å². The van der Waals surface area contributed by atoms with Crippen molar-refractivity contribution < 1.29 is 4.74 Å². The molecule has 1 heterocycles. The number of nitrogens with one attached hydrogen (secondary N) is 1. The average Bonchev–Trinajstić information content (AvgIpc) is 3.14. The van der Waals surface area contributed by atoms with Crippen LogP contribution in [-0.2, 0) is 13.0 Å². The lowest BCUT2D eigenvalue weighted by atomic mass is 9.82. The quantitative estimate of drug-likeness (QED) is 0.766. The lowest BCUT2D eigenvalue weighted by Gasteiger charge is -2.23. The van der Waals surface area contributed by atoms with Crippen molar-refractivity contribution in [2.24, 2.45) is 0 Å². The van der Waals surface area contributed by atoms with E-state index in [4.69, 9.17) is 4.74 Å². The number of hydrogen-bond acceptors (Lipinski definition) is 3. The standard InChI is InChI=1S/C22H24N2O.ClH/c23-14-19-12-16(6-8-21(19)17-4-2-1-3-5-17)15-25-20-7-9-22-18(13-20)10-11-24-22;/h6-9,12-13,17,24H,1-5,10-11,15H2;1H. The Kier molecular flexibility index (Phi) is 6.06. The molecule has 26 heavy (non-hydrogen) atoms. The molecule has 0 atom stereocenters. The van der Waals surface area contributed by atoms with Crippen LogP contribution in [0.5, 0.6) is 5.75 Å². The van der Waals surface area contributed by atoms with Gasteiger partial charge in [-0.05, 0) is 66.1 Å². The summed E-state index contributed by atoms with van der Waals surface area (Å²) in [7, 11) is 0. The van der Waals surface area contributed by atoms with Gasteiger partial charge in [-0.3, -0.25) is 0 Å². The summed E-state index contributed by atoms with van der Waals surface area (Å²) >= 11 is 0. The van der Waals surface area contributed by atoms with E-state index in [9.17, 15) is 5.26 Å². The van der Waals surface area contributed by atoms with Crippen LogP contribution < -0.4 is 10.1 Å². The summed E-state index contributed by atoms with van der Waals surface area (Å²) < 4.78 is 5.96. The Morgan fingerprint density at radius 2 is 1.92 bits per heavy atom. The fraction of sp³-hybridized carbons (Fsp3) is 0.409. The highest BCUT2D eigenvalue weighted by molar-refractivity contribution is 5.85. The van der Waals surface area contributed by atoms with Crippen molar-refractivity contribution in [1.29, 1.82) is 5.26 Å². The number of rotatable bonds is 4. The van der Waals surface area contributed by atoms with Crippen molar-refractivity contribution in [3.63, 3.8) is 0 Å². The molecule has 2 aromatic carbocycles. The molecule has 0 aromatic heterocycles. The second-order valence-electron chi connectivity index (χ2n) is 7.15. The Balaban J connectivity index is 0.00000196. The maximum atomic E-state index is 9.57. The van der Waals surface area contributed by atoms with Crippen LogP contribution in [-0.4, -0.2) is 6.54 Å². The van der Waals surface area contributed by atoms with Gasteiger partial charge in [-0.15, -0.1) is 12.4 Å². The SMILES string of the molecule is Cl.N#Cc1cc(COc2ccc3c(c2)CCN3)ccc1C1CCCCC1. The maximum absolute atomic E-state index is 9.57. The number of nitriles is 1. The highest BCUT2D eigenvalue weighted by atomic mass is 35.5. The molecule has 4 heteroatoms. The first-order valence-corrected chi connectivity index (χ1v) is 9.36. The van der Waals surface area contributed by atoms with Crippen molar-refractivity contribution in [3.05, 3.63) is 58.7 Å². The third kappa shape index (κ3) is 3.97. The Morgan fingerprint density at radius 3 is 2.73 bits per heavy atom. The van der Waals surface area contributed by atoms with E-state index in [1.54, 1.807) is 0 Å². The molecule has 3 nitrogen and oxygen atoms in total. The van der Waals surface area contributed by atoms with Crippen LogP contribution in [0.3, 0.4) is 0 Å². The molecule has 1 saturated carbocycles. The first-order chi connectivity index (χ1) is 12.3. The fourth-order valence-corrected chi connectivity index (χ4v) is 4.10. The van der Waals surface area contributed by atoms with E-state index in [0.717, 1.165) is 29.8 Å². The maximum Gasteiger partial charge on any atom is 0.120 e. The third-order valence-electron chi connectivity index (χ3n) is 5.48. The number of anilines is 1. The summed E-state index contributed by atoms with van der Waals surface area (Å²) in [4.78, 5) is 0. The molecule has 0 spiro atoms. The lowest BCUT2D eigenvalue weighted by molar-refractivity contribution is 0.306. The molecule has 136 valence electrons. The molecular weight excluding hydrogens is 344 g/mol. The molecule has 1 N–H and O–H groups in total. The first kappa shape index (κ1) is 18.6. The van der Waals surface area contributed by atoms with E-state index in [1.807, 2.05) is 12.1 Å². The predicted molar refractivity (Wildman–Crippen MR) is 107 cm³/mol. The number of ether oxygens (including phenoxy) is 1. The number of fused-ring (bicyclic) bond motifs is 1. The van der Waals surface area contributed by atoms with E-state index in [1.165, 1.54) is 48.9 Å². The third-order valence-corrected chi connectivity index (χ3v) is 5.48. The number of benzene rings is 2. The van der Waals surface area contributed by atoms with Crippen LogP contribution in [0.1, 0.15) is 60.3 Å². The van der Waals surface area contributed by atoms with Gasteiger partial charge in [0.05, 0.1) is 11.6 Å². The van der Waals surface area contributed by atoms with E-state index < -0.39 is 0 Å². The summed E-state index contributed by atoms with van der Waals surface area (Å²) in [6.07, 6.45) is 7.39. The number of halogens is 1. The monoisotopic (exact) mass is 368 g/mol. The molecule has 1 aliphatic heterocycles. The lowest BCUT2D eigenvalue weighted by Crippen LogP contribution is -2.07. The summed E-state index contributed by atoms with van der Waals surface area (Å²) in [6.45, 7) is 1.51. The number of hydrogen-bond donors (Lipinski definition) is 1. The van der Waals surface area contributed by atoms with Crippen molar-refractivity contribution in [2.75, 3.05) is 11.9 Å². The molecule has 1 aliphatic carbocycles. The van der Waals surface area contributed by atoms with E-state index in [-0.39, 0.29) is 12.4 Å². The predicted octanol–water partition coefficient (Wildman–Crippen LogP) is 5.57. The minimum atomic E-state index is 0. The van der Waals surface area contributed by atoms with Crippen LogP contribution in [0.25, 0.3) is 0 Å². The van der Waals surface area contributed by atoms with Gasteiger partial charge in [0, 0.05) is 12.2 Å². The van der Waals surface area contributed by atoms with Gasteiger partial charge in [0.15, 0.2) is 0 Å². The molecule has 0 radical (unpaired) electrons. The molecule has 4 rings (SSSR count). The van der Waals surface area contributed by atoms with Crippen LogP contribution in [0, 0.1) is 11.3 Å². The Morgan fingerprint density at radius 1 is 1.08 bits per heavy atom. The largest absolute Gasteiger partial charge is 0.489 e. The molecular formula is C22H25ClN2O. The van der Waals surface area contributed by atoms with Gasteiger partial charge in [-0.25, -0.2) is 0 Å². The molecule has 2 aliphatic rings. The molecule has 2 aromatic rings. The topological polar surface area (TPSA) is 45.0 Å². The molecule has 0 unspecified atom stereocenters. The zero-order chi connectivity index (χ0) is 17.1. The van der Waals surface area contributed by atoms with E-state index >= 15 is 0 Å². The van der Waals surface area contributed by atoms with Gasteiger partial charge in [0.25, 0.3) is 0 Å². The van der Waals surface area contributed by atoms with Gasteiger partial charge >= 0.3 is 0 Å². The van der Waals surface area contributed by atoms with Crippen molar-refractivity contribution in [2.45, 2.75) is 51.0 Å². The molecule has 0 saturated heterocycles. The van der Waals surface area contributed by atoms with Crippen LogP contribution >= 0.6 is 12.4 Å². The molecule has 0 bridgehead atoms. The first-order valence-electron chi connectivity index (χ1n) is 9.36. The zero-order valence-corrected chi connectivity index (χ0v) is 15.8. The van der Waals surface area contributed by atoms with Crippen molar-refractivity contribution >= 4 is 18.1 Å². The second-order valence-corrected chi connectivity index (χ2v) is 7.15. The van der Waals surface area contributed by atoms with Gasteiger partial charge in [0.2, 0.25) is 0 Å². The minimum Gasteiger partial charge on any atom is -0.489 e. The number of nitrogens with zero attached hydrogens (tertiary/aromatic N) is 1. The molecule has 0 amide bonds. The van der Waals surface area contributed by atoms with Crippen LogP contribution in [0.15, 0.2) is 36.4 Å². The van der Waals surface area contributed by atoms with Crippen LogP contribution in [0.4, 0.5) is 5.69 Å². The fourth-order valence-electron chi connectivity index (χ4n) is 4.10. The summed E-state index contributed by atoms with van der Waals surface area (Å²) in [5, 5.41) is 12.9. The summed E-state index contributed by atoms with van der Waals surface area (Å²) in [6, 6.07) is 14.9. The Labute approximate surface area is 161 Å². The minimum absolute atomic E-state index is 0. The normalized spacial score (nSPS) is 16.1. The van der Waals surface area contributed by atoms with Gasteiger partial charge < -0.3 is 10.1 Å². The van der Waals surface area contributed by atoms with Crippen molar-refractivity contribution in [1.82, 2.24) is 0 Å². The second kappa shape index (κ2) is 8.47. The average molecular weight is 369 g/mol. The Hall–Kier alpha value is -2.18. The summed E-state index contributed by atoms with van der Waals surface area (Å²) in [5.74, 6) is 1.46.